The zero-order valence-electron chi connectivity index (χ0n) is 12.1. The molecule has 0 aromatic carbocycles. The van der Waals surface area contributed by atoms with Gasteiger partial charge in [-0.05, 0) is 38.2 Å². The topological polar surface area (TPSA) is 66.5 Å². The Labute approximate surface area is 123 Å². The lowest BCUT2D eigenvalue weighted by atomic mass is 9.71. The highest BCUT2D eigenvalue weighted by atomic mass is 32.2. The Bertz CT molecular complexity index is 419. The first-order chi connectivity index (χ1) is 9.53. The van der Waals surface area contributed by atoms with Gasteiger partial charge in [0, 0.05) is 6.04 Å². The molecular formula is C14H22N2O3S. The number of nitrogens with one attached hydrogen (secondary N) is 1. The SMILES string of the molecule is CSCCC(C)N1C(=O)NC(=O)C2(CCCCC2)C1=O. The van der Waals surface area contributed by atoms with Gasteiger partial charge in [-0.1, -0.05) is 19.3 Å². The second-order valence-electron chi connectivity index (χ2n) is 5.71. The van der Waals surface area contributed by atoms with Gasteiger partial charge in [0.25, 0.3) is 0 Å². The number of hydrogen-bond donors (Lipinski definition) is 1. The van der Waals surface area contributed by atoms with E-state index in [9.17, 15) is 14.4 Å². The second kappa shape index (κ2) is 6.16. The third kappa shape index (κ3) is 2.57. The van der Waals surface area contributed by atoms with Crippen LogP contribution in [0.5, 0.6) is 0 Å². The van der Waals surface area contributed by atoms with E-state index in [1.165, 1.54) is 4.90 Å². The van der Waals surface area contributed by atoms with Gasteiger partial charge in [-0.3, -0.25) is 19.8 Å². The molecule has 6 heteroatoms. The molecule has 20 heavy (non-hydrogen) atoms. The fourth-order valence-electron chi connectivity index (χ4n) is 3.11. The van der Waals surface area contributed by atoms with E-state index in [-0.39, 0.29) is 17.9 Å². The molecule has 4 amide bonds. The van der Waals surface area contributed by atoms with Gasteiger partial charge in [0.1, 0.15) is 5.41 Å². The largest absolute Gasteiger partial charge is 0.331 e. The minimum absolute atomic E-state index is 0.165. The number of carbonyl (C=O) groups excluding carboxylic acids is 3. The van der Waals surface area contributed by atoms with Crippen LogP contribution in [0.2, 0.25) is 0 Å². The van der Waals surface area contributed by atoms with Gasteiger partial charge in [0.2, 0.25) is 11.8 Å². The predicted octanol–water partition coefficient (Wildman–Crippen LogP) is 2.16. The molecule has 2 rings (SSSR count). The maximum absolute atomic E-state index is 12.8. The number of barbiturate groups is 1. The number of imide groups is 2. The van der Waals surface area contributed by atoms with E-state index in [0.717, 1.165) is 31.4 Å². The molecule has 0 aromatic heterocycles. The number of rotatable bonds is 4. The molecule has 1 aliphatic carbocycles. The van der Waals surface area contributed by atoms with Gasteiger partial charge >= 0.3 is 6.03 Å². The Kier molecular flexibility index (Phi) is 4.73. The molecule has 0 radical (unpaired) electrons. The van der Waals surface area contributed by atoms with Gasteiger partial charge in [-0.2, -0.15) is 11.8 Å². The second-order valence-corrected chi connectivity index (χ2v) is 6.69. The van der Waals surface area contributed by atoms with E-state index in [1.807, 2.05) is 13.2 Å². The van der Waals surface area contributed by atoms with Crippen molar-refractivity contribution in [1.82, 2.24) is 10.2 Å². The molecule has 1 atom stereocenters. The summed E-state index contributed by atoms with van der Waals surface area (Å²) in [5, 5.41) is 2.40. The molecule has 1 unspecified atom stereocenters. The van der Waals surface area contributed by atoms with Crippen molar-refractivity contribution in [2.75, 3.05) is 12.0 Å². The van der Waals surface area contributed by atoms with Crippen LogP contribution in [0.4, 0.5) is 4.79 Å². The summed E-state index contributed by atoms with van der Waals surface area (Å²) >= 11 is 1.69. The lowest BCUT2D eigenvalue weighted by Crippen LogP contribution is -2.66. The molecule has 1 spiro atoms. The van der Waals surface area contributed by atoms with E-state index < -0.39 is 11.4 Å². The lowest BCUT2D eigenvalue weighted by Gasteiger charge is -2.43. The summed E-state index contributed by atoms with van der Waals surface area (Å²) in [6.45, 7) is 1.88. The van der Waals surface area contributed by atoms with Crippen LogP contribution in [-0.4, -0.2) is 40.8 Å². The molecule has 1 N–H and O–H groups in total. The zero-order valence-corrected chi connectivity index (χ0v) is 12.9. The minimum atomic E-state index is -0.986. The molecule has 112 valence electrons. The molecular weight excluding hydrogens is 276 g/mol. The van der Waals surface area contributed by atoms with Crippen LogP contribution >= 0.6 is 11.8 Å². The third-order valence-corrected chi connectivity index (χ3v) is 5.03. The lowest BCUT2D eigenvalue weighted by molar-refractivity contribution is -0.155. The maximum Gasteiger partial charge on any atom is 0.331 e. The van der Waals surface area contributed by atoms with Crippen LogP contribution in [0.15, 0.2) is 0 Å². The molecule has 2 fully saturated rings. The van der Waals surface area contributed by atoms with Crippen LogP contribution in [0.3, 0.4) is 0 Å². The quantitative estimate of drug-likeness (QED) is 0.808. The zero-order chi connectivity index (χ0) is 14.8. The van der Waals surface area contributed by atoms with Crippen molar-refractivity contribution in [3.8, 4) is 0 Å². The van der Waals surface area contributed by atoms with Crippen LogP contribution in [0.1, 0.15) is 45.4 Å². The number of amides is 4. The van der Waals surface area contributed by atoms with Crippen LogP contribution in [0, 0.1) is 5.41 Å². The Hall–Kier alpha value is -1.04. The van der Waals surface area contributed by atoms with Gasteiger partial charge in [0.05, 0.1) is 0 Å². The fraction of sp³-hybridized carbons (Fsp3) is 0.786. The number of nitrogens with zero attached hydrogens (tertiary/aromatic N) is 1. The van der Waals surface area contributed by atoms with Crippen molar-refractivity contribution in [2.24, 2.45) is 5.41 Å². The van der Waals surface area contributed by atoms with Crippen molar-refractivity contribution in [3.63, 3.8) is 0 Å². The van der Waals surface area contributed by atoms with Crippen molar-refractivity contribution in [1.29, 1.82) is 0 Å². The summed E-state index contributed by atoms with van der Waals surface area (Å²) in [5.74, 6) is 0.221. The van der Waals surface area contributed by atoms with Crippen molar-refractivity contribution in [2.45, 2.75) is 51.5 Å². The fourth-order valence-corrected chi connectivity index (χ4v) is 3.69. The molecule has 0 bridgehead atoms. The Morgan fingerprint density at radius 1 is 1.25 bits per heavy atom. The van der Waals surface area contributed by atoms with Crippen LogP contribution in [-0.2, 0) is 9.59 Å². The van der Waals surface area contributed by atoms with Gasteiger partial charge < -0.3 is 0 Å². The average Bonchev–Trinajstić information content (AvgIpc) is 2.44. The molecule has 2 aliphatic rings. The molecule has 5 nitrogen and oxygen atoms in total. The molecule has 1 saturated heterocycles. The molecule has 1 saturated carbocycles. The first kappa shape index (κ1) is 15.4. The Morgan fingerprint density at radius 3 is 2.50 bits per heavy atom. The van der Waals surface area contributed by atoms with Gasteiger partial charge in [0.15, 0.2) is 0 Å². The van der Waals surface area contributed by atoms with Crippen molar-refractivity contribution >= 4 is 29.6 Å². The number of thioether (sulfide) groups is 1. The number of carbonyl (C=O) groups is 3. The molecule has 0 aromatic rings. The van der Waals surface area contributed by atoms with E-state index in [2.05, 4.69) is 5.32 Å². The highest BCUT2D eigenvalue weighted by Crippen LogP contribution is 2.40. The summed E-state index contributed by atoms with van der Waals surface area (Å²) in [7, 11) is 0. The van der Waals surface area contributed by atoms with Crippen molar-refractivity contribution < 1.29 is 14.4 Å². The normalized spacial score (nSPS) is 23.9. The predicted molar refractivity (Wildman–Crippen MR) is 78.4 cm³/mol. The molecule has 1 aliphatic heterocycles. The van der Waals surface area contributed by atoms with E-state index in [4.69, 9.17) is 0 Å². The van der Waals surface area contributed by atoms with Gasteiger partial charge in [-0.25, -0.2) is 4.79 Å². The summed E-state index contributed by atoms with van der Waals surface area (Å²) in [6.07, 6.45) is 6.69. The first-order valence-electron chi connectivity index (χ1n) is 7.21. The highest BCUT2D eigenvalue weighted by molar-refractivity contribution is 7.98. The van der Waals surface area contributed by atoms with Crippen molar-refractivity contribution in [3.05, 3.63) is 0 Å². The summed E-state index contributed by atoms with van der Waals surface area (Å²) in [4.78, 5) is 38.2. The standard InChI is InChI=1S/C14H22N2O3S/c1-10(6-9-20-2)16-12(18)14(7-4-3-5-8-14)11(17)15-13(16)19/h10H,3-9H2,1-2H3,(H,15,17,19). The summed E-state index contributed by atoms with van der Waals surface area (Å²) in [5.41, 5.74) is -0.986. The van der Waals surface area contributed by atoms with Crippen LogP contribution < -0.4 is 5.32 Å². The number of urea groups is 1. The van der Waals surface area contributed by atoms with E-state index in [1.54, 1.807) is 11.8 Å². The maximum atomic E-state index is 12.8. The number of hydrogen-bond acceptors (Lipinski definition) is 4. The van der Waals surface area contributed by atoms with E-state index in [0.29, 0.717) is 12.8 Å². The monoisotopic (exact) mass is 298 g/mol. The van der Waals surface area contributed by atoms with Crippen LogP contribution in [0.25, 0.3) is 0 Å². The minimum Gasteiger partial charge on any atom is -0.277 e. The first-order valence-corrected chi connectivity index (χ1v) is 8.60. The Morgan fingerprint density at radius 2 is 1.90 bits per heavy atom. The van der Waals surface area contributed by atoms with Gasteiger partial charge in [-0.15, -0.1) is 0 Å². The highest BCUT2D eigenvalue weighted by Gasteiger charge is 2.54. The summed E-state index contributed by atoms with van der Waals surface area (Å²) in [6, 6.07) is -0.716. The average molecular weight is 298 g/mol. The summed E-state index contributed by atoms with van der Waals surface area (Å²) < 4.78 is 0. The molecule has 1 heterocycles. The smallest absolute Gasteiger partial charge is 0.277 e. The Balaban J connectivity index is 2.22. The van der Waals surface area contributed by atoms with E-state index >= 15 is 0 Å². The third-order valence-electron chi connectivity index (χ3n) is 4.39.